The summed E-state index contributed by atoms with van der Waals surface area (Å²) in [5.74, 6) is -0.389. The highest BCUT2D eigenvalue weighted by molar-refractivity contribution is 5.92. The van der Waals surface area contributed by atoms with Crippen LogP contribution in [0.4, 0.5) is 0 Å². The maximum absolute atomic E-state index is 12.6. The van der Waals surface area contributed by atoms with Crippen molar-refractivity contribution in [3.8, 4) is 34.5 Å². The Morgan fingerprint density at radius 1 is 0.643 bits per heavy atom. The van der Waals surface area contributed by atoms with Crippen LogP contribution in [0.1, 0.15) is 86.9 Å². The molecule has 0 saturated carbocycles. The number of rotatable bonds is 16. The summed E-state index contributed by atoms with van der Waals surface area (Å²) < 4.78 is 22.0. The van der Waals surface area contributed by atoms with Gasteiger partial charge in [-0.05, 0) is 86.1 Å². The lowest BCUT2D eigenvalue weighted by molar-refractivity contribution is 0.0711. The number of hydrogen-bond donors (Lipinski definition) is 2. The molecule has 0 aliphatic rings. The average Bonchev–Trinajstić information content (AvgIpc) is 3.00. The van der Waals surface area contributed by atoms with Crippen LogP contribution in [0.15, 0.2) is 60.7 Å². The summed E-state index contributed by atoms with van der Waals surface area (Å²) in [5.41, 5.74) is 0.471. The van der Waals surface area contributed by atoms with E-state index in [-0.39, 0.29) is 22.6 Å². The van der Waals surface area contributed by atoms with Crippen molar-refractivity contribution >= 4 is 11.9 Å². The van der Waals surface area contributed by atoms with Gasteiger partial charge in [-0.25, -0.2) is 9.59 Å². The molecule has 0 radical (unpaired) electrons. The van der Waals surface area contributed by atoms with Crippen LogP contribution in [0.5, 0.6) is 34.5 Å². The predicted molar refractivity (Wildman–Crippen MR) is 161 cm³/mol. The molecule has 0 heterocycles. The first-order chi connectivity index (χ1) is 20.2. The second-order valence-electron chi connectivity index (χ2n) is 10.6. The Bertz CT molecular complexity index is 1180. The number of hydrogen-bond acceptors (Lipinski definition) is 8. The molecule has 0 amide bonds. The van der Waals surface area contributed by atoms with Gasteiger partial charge in [0.25, 0.3) is 0 Å². The Morgan fingerprint density at radius 2 is 1.00 bits per heavy atom. The van der Waals surface area contributed by atoms with Crippen LogP contribution in [0.25, 0.3) is 0 Å². The van der Waals surface area contributed by atoms with Crippen molar-refractivity contribution in [1.82, 2.24) is 0 Å². The lowest BCUT2D eigenvalue weighted by Gasteiger charge is -2.12. The molecule has 0 spiro atoms. The van der Waals surface area contributed by atoms with Crippen molar-refractivity contribution in [2.75, 3.05) is 13.2 Å². The molecule has 8 heteroatoms. The lowest BCUT2D eigenvalue weighted by Crippen LogP contribution is -2.10. The third kappa shape index (κ3) is 10.0. The first kappa shape index (κ1) is 32.3. The normalized spacial score (nSPS) is 12.3. The van der Waals surface area contributed by atoms with E-state index in [1.54, 1.807) is 48.5 Å². The molecule has 0 unspecified atom stereocenters. The van der Waals surface area contributed by atoms with Gasteiger partial charge in [0.15, 0.2) is 23.0 Å². The van der Waals surface area contributed by atoms with Crippen LogP contribution in [-0.2, 0) is 0 Å². The SMILES string of the molecule is CC[C@H](C)CCCOc1ccc(C(=O)Oc2cc(O)c(OC(=O)c3ccc(OCCC[C@@H](C)CC)cc3)cc2O)cc1. The summed E-state index contributed by atoms with van der Waals surface area (Å²) >= 11 is 0. The molecule has 3 aromatic carbocycles. The molecule has 8 nitrogen and oxygen atoms in total. The van der Waals surface area contributed by atoms with Crippen LogP contribution >= 0.6 is 0 Å². The van der Waals surface area contributed by atoms with E-state index >= 15 is 0 Å². The summed E-state index contributed by atoms with van der Waals surface area (Å²) in [5, 5.41) is 20.8. The van der Waals surface area contributed by atoms with Gasteiger partial charge in [-0.3, -0.25) is 0 Å². The van der Waals surface area contributed by atoms with E-state index < -0.39 is 23.4 Å². The molecule has 0 saturated heterocycles. The van der Waals surface area contributed by atoms with Crippen molar-refractivity contribution in [1.29, 1.82) is 0 Å². The Labute approximate surface area is 248 Å². The van der Waals surface area contributed by atoms with Gasteiger partial charge in [-0.1, -0.05) is 40.5 Å². The number of esters is 2. The van der Waals surface area contributed by atoms with Gasteiger partial charge in [-0.15, -0.1) is 0 Å². The van der Waals surface area contributed by atoms with Crippen molar-refractivity contribution in [3.63, 3.8) is 0 Å². The fourth-order valence-corrected chi connectivity index (χ4v) is 4.05. The molecule has 0 bridgehead atoms. The molecular weight excluding hydrogens is 536 g/mol. The fraction of sp³-hybridized carbons (Fsp3) is 0.412. The smallest absolute Gasteiger partial charge is 0.343 e. The molecule has 0 aliphatic heterocycles. The number of carbonyl (C=O) groups is 2. The number of ether oxygens (including phenoxy) is 4. The second-order valence-corrected chi connectivity index (χ2v) is 10.6. The van der Waals surface area contributed by atoms with Crippen LogP contribution in [0.2, 0.25) is 0 Å². The molecule has 2 atom stereocenters. The minimum Gasteiger partial charge on any atom is -0.504 e. The Hall–Kier alpha value is -4.20. The standard InChI is InChI=1S/C34H42O8/c1-5-23(3)9-7-19-39-27-15-11-25(12-16-27)33(37)41-31-21-30(36)32(22-29(31)35)42-34(38)26-13-17-28(18-14-26)40-20-8-10-24(4)6-2/h11-18,21-24,35-36H,5-10,19-20H2,1-4H3/t23-,24-/m0/s1. The highest BCUT2D eigenvalue weighted by Gasteiger charge is 2.18. The molecule has 42 heavy (non-hydrogen) atoms. The van der Waals surface area contributed by atoms with Crippen molar-refractivity contribution in [2.45, 2.75) is 66.2 Å². The van der Waals surface area contributed by atoms with Crippen molar-refractivity contribution in [3.05, 3.63) is 71.8 Å². The van der Waals surface area contributed by atoms with Gasteiger partial charge in [0, 0.05) is 12.1 Å². The largest absolute Gasteiger partial charge is 0.504 e. The van der Waals surface area contributed by atoms with Crippen LogP contribution in [-0.4, -0.2) is 35.4 Å². The maximum Gasteiger partial charge on any atom is 0.343 e. The number of benzene rings is 3. The van der Waals surface area contributed by atoms with E-state index in [9.17, 15) is 19.8 Å². The third-order valence-corrected chi connectivity index (χ3v) is 7.24. The molecule has 3 aromatic rings. The van der Waals surface area contributed by atoms with Crippen LogP contribution < -0.4 is 18.9 Å². The van der Waals surface area contributed by atoms with Gasteiger partial charge in [0.1, 0.15) is 11.5 Å². The molecule has 226 valence electrons. The Morgan fingerprint density at radius 3 is 1.33 bits per heavy atom. The highest BCUT2D eigenvalue weighted by Crippen LogP contribution is 2.39. The topological polar surface area (TPSA) is 112 Å². The van der Waals surface area contributed by atoms with E-state index in [4.69, 9.17) is 18.9 Å². The fourth-order valence-electron chi connectivity index (χ4n) is 4.05. The molecule has 3 rings (SSSR count). The average molecular weight is 579 g/mol. The first-order valence-corrected chi connectivity index (χ1v) is 14.7. The molecule has 0 aromatic heterocycles. The van der Waals surface area contributed by atoms with Gasteiger partial charge in [0.2, 0.25) is 0 Å². The minimum atomic E-state index is -0.736. The minimum absolute atomic E-state index is 0.235. The summed E-state index contributed by atoms with van der Waals surface area (Å²) in [6.07, 6.45) is 6.37. The van der Waals surface area contributed by atoms with Crippen molar-refractivity contribution in [2.24, 2.45) is 11.8 Å². The zero-order chi connectivity index (χ0) is 30.5. The molecule has 0 fully saturated rings. The predicted octanol–water partition coefficient (Wildman–Crippen LogP) is 7.95. The third-order valence-electron chi connectivity index (χ3n) is 7.24. The lowest BCUT2D eigenvalue weighted by atomic mass is 10.0. The van der Waals surface area contributed by atoms with E-state index in [1.165, 1.54) is 0 Å². The first-order valence-electron chi connectivity index (χ1n) is 14.7. The van der Waals surface area contributed by atoms with E-state index in [0.717, 1.165) is 50.7 Å². The Balaban J connectivity index is 1.52. The molecule has 2 N–H and O–H groups in total. The summed E-state index contributed by atoms with van der Waals surface area (Å²) in [6.45, 7) is 9.95. The number of phenols is 2. The number of carbonyl (C=O) groups excluding carboxylic acids is 2. The number of phenolic OH excluding ortho intramolecular Hbond substituents is 2. The van der Waals surface area contributed by atoms with E-state index in [1.807, 2.05) is 0 Å². The van der Waals surface area contributed by atoms with Crippen LogP contribution in [0, 0.1) is 11.8 Å². The molecule has 0 aliphatic carbocycles. The summed E-state index contributed by atoms with van der Waals surface area (Å²) in [6, 6.07) is 15.0. The maximum atomic E-state index is 12.6. The van der Waals surface area contributed by atoms with Crippen LogP contribution in [0.3, 0.4) is 0 Å². The van der Waals surface area contributed by atoms with Gasteiger partial charge >= 0.3 is 11.9 Å². The Kier molecular flexibility index (Phi) is 12.5. The van der Waals surface area contributed by atoms with Crippen molar-refractivity contribution < 1.29 is 38.7 Å². The second kappa shape index (κ2) is 16.3. The van der Waals surface area contributed by atoms with E-state index in [0.29, 0.717) is 36.5 Å². The van der Waals surface area contributed by atoms with E-state index in [2.05, 4.69) is 27.7 Å². The number of aromatic hydroxyl groups is 2. The highest BCUT2D eigenvalue weighted by atomic mass is 16.6. The zero-order valence-electron chi connectivity index (χ0n) is 24.9. The quantitative estimate of drug-likeness (QED) is 0.0762. The zero-order valence-corrected chi connectivity index (χ0v) is 24.9. The summed E-state index contributed by atoms with van der Waals surface area (Å²) in [4.78, 5) is 25.2. The monoisotopic (exact) mass is 578 g/mol. The van der Waals surface area contributed by atoms with Gasteiger partial charge in [-0.2, -0.15) is 0 Å². The molecular formula is C34H42O8. The van der Waals surface area contributed by atoms with Gasteiger partial charge in [0.05, 0.1) is 24.3 Å². The summed E-state index contributed by atoms with van der Waals surface area (Å²) in [7, 11) is 0. The van der Waals surface area contributed by atoms with Gasteiger partial charge < -0.3 is 29.2 Å².